The number of anilines is 1. The van der Waals surface area contributed by atoms with Gasteiger partial charge in [-0.15, -0.1) is 5.10 Å². The fourth-order valence-electron chi connectivity index (χ4n) is 1.33. The van der Waals surface area contributed by atoms with Crippen molar-refractivity contribution >= 4 is 5.82 Å². The van der Waals surface area contributed by atoms with Crippen LogP contribution in [0.25, 0.3) is 0 Å². The van der Waals surface area contributed by atoms with Crippen molar-refractivity contribution in [1.29, 1.82) is 5.26 Å². The lowest BCUT2D eigenvalue weighted by Gasteiger charge is -2.15. The number of hydrogen-bond donors (Lipinski definition) is 2. The lowest BCUT2D eigenvalue weighted by Crippen LogP contribution is -2.22. The van der Waals surface area contributed by atoms with Crippen LogP contribution in [0.1, 0.15) is 25.8 Å². The van der Waals surface area contributed by atoms with Gasteiger partial charge in [-0.3, -0.25) is 0 Å². The van der Waals surface area contributed by atoms with Gasteiger partial charge in [-0.2, -0.15) is 10.4 Å². The lowest BCUT2D eigenvalue weighted by molar-refractivity contribution is 0.179. The molecule has 0 saturated carbocycles. The lowest BCUT2D eigenvalue weighted by atomic mass is 10.1. The van der Waals surface area contributed by atoms with Crippen LogP contribution in [0, 0.1) is 11.3 Å². The highest BCUT2D eigenvalue weighted by Crippen LogP contribution is 2.11. The Morgan fingerprint density at radius 1 is 1.60 bits per heavy atom. The van der Waals surface area contributed by atoms with Crippen molar-refractivity contribution in [3.05, 3.63) is 17.8 Å². The van der Waals surface area contributed by atoms with Crippen LogP contribution in [-0.4, -0.2) is 27.4 Å². The second-order valence-electron chi connectivity index (χ2n) is 3.54. The van der Waals surface area contributed by atoms with Crippen molar-refractivity contribution in [3.8, 4) is 6.07 Å². The number of nitrogens with zero attached hydrogens (tertiary/aromatic N) is 3. The molecule has 0 amide bonds. The van der Waals surface area contributed by atoms with E-state index in [0.29, 0.717) is 17.8 Å². The summed E-state index contributed by atoms with van der Waals surface area (Å²) in [5.74, 6) is 0.466. The summed E-state index contributed by atoms with van der Waals surface area (Å²) in [6.45, 7) is 3.64. The Bertz CT molecular complexity index is 359. The molecule has 15 heavy (non-hydrogen) atoms. The highest BCUT2D eigenvalue weighted by Gasteiger charge is 2.09. The maximum atomic E-state index is 9.19. The average molecular weight is 206 g/mol. The van der Waals surface area contributed by atoms with Crippen LogP contribution in [-0.2, 0) is 0 Å². The Kier molecular flexibility index (Phi) is 4.01. The average Bonchev–Trinajstić information content (AvgIpc) is 2.17. The van der Waals surface area contributed by atoms with Gasteiger partial charge in [0.05, 0.1) is 17.9 Å². The quantitative estimate of drug-likeness (QED) is 0.765. The van der Waals surface area contributed by atoms with Crippen LogP contribution < -0.4 is 5.32 Å². The summed E-state index contributed by atoms with van der Waals surface area (Å²) in [4.78, 5) is 0. The Hall–Kier alpha value is -1.67. The Labute approximate surface area is 88.8 Å². The fourth-order valence-corrected chi connectivity index (χ4v) is 1.33. The molecule has 0 radical (unpaired) electrons. The van der Waals surface area contributed by atoms with Gasteiger partial charge in [-0.25, -0.2) is 0 Å². The number of aliphatic hydroxyl groups is 1. The maximum absolute atomic E-state index is 9.19. The molecule has 0 aliphatic heterocycles. The molecule has 80 valence electrons. The molecular formula is C10H14N4O. The van der Waals surface area contributed by atoms with Crippen LogP contribution in [0.2, 0.25) is 0 Å². The number of nitrogens with one attached hydrogen (secondary N) is 1. The van der Waals surface area contributed by atoms with Crippen molar-refractivity contribution in [2.24, 2.45) is 0 Å². The molecule has 0 aliphatic rings. The van der Waals surface area contributed by atoms with Crippen LogP contribution in [0.5, 0.6) is 0 Å². The fraction of sp³-hybridized carbons (Fsp3) is 0.500. The van der Waals surface area contributed by atoms with E-state index < -0.39 is 0 Å². The normalized spacial score (nSPS) is 14.0. The van der Waals surface area contributed by atoms with Gasteiger partial charge in [-0.05, 0) is 26.3 Å². The number of nitriles is 1. The number of aromatic nitrogens is 2. The molecule has 0 aliphatic carbocycles. The molecular weight excluding hydrogens is 192 g/mol. The molecule has 0 saturated heterocycles. The predicted molar refractivity (Wildman–Crippen MR) is 56.1 cm³/mol. The van der Waals surface area contributed by atoms with Gasteiger partial charge >= 0.3 is 0 Å². The van der Waals surface area contributed by atoms with Gasteiger partial charge in [0.25, 0.3) is 0 Å². The summed E-state index contributed by atoms with van der Waals surface area (Å²) in [5.41, 5.74) is 0.461. The van der Waals surface area contributed by atoms with E-state index in [1.807, 2.05) is 13.0 Å². The molecule has 1 rings (SSSR count). The monoisotopic (exact) mass is 206 g/mol. The minimum absolute atomic E-state index is 0.0498. The summed E-state index contributed by atoms with van der Waals surface area (Å²) in [6, 6.07) is 3.68. The van der Waals surface area contributed by atoms with Gasteiger partial charge < -0.3 is 10.4 Å². The first-order chi connectivity index (χ1) is 7.13. The molecule has 0 aromatic carbocycles. The summed E-state index contributed by atoms with van der Waals surface area (Å²) in [7, 11) is 0. The van der Waals surface area contributed by atoms with Gasteiger partial charge in [0, 0.05) is 6.04 Å². The Morgan fingerprint density at radius 2 is 2.33 bits per heavy atom. The third-order valence-electron chi connectivity index (χ3n) is 1.92. The summed E-state index contributed by atoms with van der Waals surface area (Å²) < 4.78 is 0. The third-order valence-corrected chi connectivity index (χ3v) is 1.92. The molecule has 2 atom stereocenters. The highest BCUT2D eigenvalue weighted by atomic mass is 16.3. The largest absolute Gasteiger partial charge is 0.393 e. The van der Waals surface area contributed by atoms with Crippen LogP contribution in [0.4, 0.5) is 5.82 Å². The maximum Gasteiger partial charge on any atom is 0.166 e. The second kappa shape index (κ2) is 5.27. The summed E-state index contributed by atoms with van der Waals surface area (Å²) in [6.07, 6.45) is 1.69. The van der Waals surface area contributed by atoms with E-state index in [4.69, 9.17) is 5.26 Å². The molecule has 5 heteroatoms. The first-order valence-corrected chi connectivity index (χ1v) is 4.80. The molecule has 0 spiro atoms. The van der Waals surface area contributed by atoms with E-state index in [-0.39, 0.29) is 12.1 Å². The Morgan fingerprint density at radius 3 is 2.93 bits per heavy atom. The molecule has 0 bridgehead atoms. The molecule has 2 unspecified atom stereocenters. The zero-order valence-electron chi connectivity index (χ0n) is 8.81. The summed E-state index contributed by atoms with van der Waals surface area (Å²) >= 11 is 0. The molecule has 1 aromatic rings. The minimum Gasteiger partial charge on any atom is -0.393 e. The SMILES string of the molecule is CC(O)CC(C)Nc1nnccc1C#N. The van der Waals surface area contributed by atoms with Crippen molar-refractivity contribution in [3.63, 3.8) is 0 Å². The van der Waals surface area contributed by atoms with Gasteiger partial charge in [0.2, 0.25) is 0 Å². The smallest absolute Gasteiger partial charge is 0.166 e. The van der Waals surface area contributed by atoms with E-state index in [2.05, 4.69) is 15.5 Å². The predicted octanol–water partition coefficient (Wildman–Crippen LogP) is 0.920. The molecule has 2 N–H and O–H groups in total. The first-order valence-electron chi connectivity index (χ1n) is 4.80. The Balaban J connectivity index is 2.68. The van der Waals surface area contributed by atoms with Crippen molar-refractivity contribution in [2.75, 3.05) is 5.32 Å². The van der Waals surface area contributed by atoms with Crippen LogP contribution >= 0.6 is 0 Å². The molecule has 1 heterocycles. The zero-order chi connectivity index (χ0) is 11.3. The first kappa shape index (κ1) is 11.4. The second-order valence-corrected chi connectivity index (χ2v) is 3.54. The van der Waals surface area contributed by atoms with Crippen molar-refractivity contribution in [2.45, 2.75) is 32.4 Å². The van der Waals surface area contributed by atoms with E-state index in [0.717, 1.165) is 0 Å². The standard InChI is InChI=1S/C10H14N4O/c1-7(5-8(2)15)13-10-9(6-11)3-4-12-14-10/h3-4,7-8,15H,5H2,1-2H3,(H,13,14). The van der Waals surface area contributed by atoms with Gasteiger partial charge in [0.15, 0.2) is 5.82 Å². The van der Waals surface area contributed by atoms with E-state index >= 15 is 0 Å². The van der Waals surface area contributed by atoms with Crippen molar-refractivity contribution < 1.29 is 5.11 Å². The van der Waals surface area contributed by atoms with E-state index in [1.165, 1.54) is 6.20 Å². The van der Waals surface area contributed by atoms with Crippen molar-refractivity contribution in [1.82, 2.24) is 10.2 Å². The zero-order valence-corrected chi connectivity index (χ0v) is 8.81. The third kappa shape index (κ3) is 3.52. The van der Waals surface area contributed by atoms with E-state index in [9.17, 15) is 5.11 Å². The minimum atomic E-state index is -0.380. The molecule has 1 aromatic heterocycles. The molecule has 5 nitrogen and oxygen atoms in total. The highest BCUT2D eigenvalue weighted by molar-refractivity contribution is 5.50. The van der Waals surface area contributed by atoms with Gasteiger partial charge in [0.1, 0.15) is 6.07 Å². The van der Waals surface area contributed by atoms with Gasteiger partial charge in [-0.1, -0.05) is 0 Å². The number of hydrogen-bond acceptors (Lipinski definition) is 5. The number of aliphatic hydroxyl groups excluding tert-OH is 1. The topological polar surface area (TPSA) is 81.8 Å². The van der Waals surface area contributed by atoms with E-state index in [1.54, 1.807) is 13.0 Å². The van der Waals surface area contributed by atoms with Crippen LogP contribution in [0.15, 0.2) is 12.3 Å². The number of rotatable bonds is 4. The van der Waals surface area contributed by atoms with Crippen LogP contribution in [0.3, 0.4) is 0 Å². The molecule has 0 fully saturated rings. The summed E-state index contributed by atoms with van der Waals surface area (Å²) in [5, 5.41) is 28.6.